The number of aromatic nitrogens is 10. The molecule has 5 fully saturated rings. The van der Waals surface area contributed by atoms with Gasteiger partial charge in [-0.2, -0.15) is 5.48 Å². The third-order valence-corrected chi connectivity index (χ3v) is 26.3. The number of quaternary nitrogens is 1. The van der Waals surface area contributed by atoms with Crippen LogP contribution in [0.1, 0.15) is 51.0 Å². The van der Waals surface area contributed by atoms with E-state index in [1.165, 1.54) is 60.8 Å². The van der Waals surface area contributed by atoms with Gasteiger partial charge in [-0.15, -0.1) is 11.8 Å². The molecule has 5 aromatic carbocycles. The van der Waals surface area contributed by atoms with E-state index in [0.717, 1.165) is 175 Å². The lowest BCUT2D eigenvalue weighted by Gasteiger charge is -2.29. The summed E-state index contributed by atoms with van der Waals surface area (Å²) in [5.74, 6) is 2.93. The lowest BCUT2D eigenvalue weighted by Crippen LogP contribution is -2.73. The van der Waals surface area contributed by atoms with Gasteiger partial charge in [-0.3, -0.25) is 46.0 Å². The molecule has 5 aliphatic heterocycles. The van der Waals surface area contributed by atoms with Gasteiger partial charge in [0.2, 0.25) is 5.69 Å². The minimum atomic E-state index is -0.483. The Morgan fingerprint density at radius 2 is 0.750 bits per heavy atom. The lowest BCUT2D eigenvalue weighted by atomic mass is 9.91. The summed E-state index contributed by atoms with van der Waals surface area (Å²) in [7, 11) is 13.6. The predicted octanol–water partition coefficient (Wildman–Crippen LogP) is 11.0. The minimum absolute atomic E-state index is 0. The average molecular weight is 1930 g/mol. The summed E-state index contributed by atoms with van der Waals surface area (Å²) in [6.07, 6.45) is 15.6. The average Bonchev–Trinajstić information content (AvgIpc) is 1.17. The standard InChI is InChI=1S/C23H28N4O3.C22H25N3O3.C21H23FN4O2.C19H19FN4OS.C19H21N5O3.H2O/c1-15(2)24-17-9-10-26(13-17)18-6-8-22-25-19(12-23(28)27(22)14-18)16-5-7-20(29-3)21(11-16)30-4;1-24-10-8-15(9-11-24)17-5-7-21-23-18(13-22(26)25(21)14-17)16-4-6-19(27-2)20(12-16)28-3;1-24-8-3-9-25(11-10-24)16-5-7-20-23-18(13-21(27)26(20)14-16)15-4-6-19(28-2)17(22)12-15;1-26-17-4-2-13(10-15(17)20)16-11-19(25)24-12-14(3-5-18(24)22-16)23-8-6-21-7-9-23;1-27-17-4-2-13(10-16(17)22-26)15-11-19(25)24-12-14(3-5-18(24)21-15)23-8-6-20-7-9-23;/h5-8,11-12,14-15,17,24H,9-10,13H2,1-4H3;4-7,12-15H,8-11H2,1-3H3;4-7,12-14H,3,8-11H2,1-2H3;2-5,10-12,21H,6-9H2,1H3;2-5,10-12,20,22,26H,6-9H2,1H3;1H2/p+1/t17-;;;;;/m0...../s1. The van der Waals surface area contributed by atoms with Gasteiger partial charge in [0.1, 0.15) is 34.1 Å². The number of nitrogens with zero attached hydrogens (tertiary/aromatic N) is 16. The molecule has 36 heteroatoms. The van der Waals surface area contributed by atoms with Crippen molar-refractivity contribution < 1.29 is 53.4 Å². The van der Waals surface area contributed by atoms with Gasteiger partial charge in [-0.05, 0) is 211 Å². The largest absolute Gasteiger partial charge is 0.494 e. The molecule has 0 aliphatic carbocycles. The molecule has 10 aromatic heterocycles. The van der Waals surface area contributed by atoms with E-state index in [1.54, 1.807) is 100 Å². The number of likely N-dealkylation sites (N-methyl/N-ethyl adjacent to an activating group) is 1. The molecule has 15 aromatic rings. The highest BCUT2D eigenvalue weighted by Crippen LogP contribution is 2.37. The fourth-order valence-electron chi connectivity index (χ4n) is 17.9. The van der Waals surface area contributed by atoms with E-state index in [1.807, 2.05) is 134 Å². The van der Waals surface area contributed by atoms with Gasteiger partial charge in [0.15, 0.2) is 40.3 Å². The summed E-state index contributed by atoms with van der Waals surface area (Å²) >= 11 is 1.35. The van der Waals surface area contributed by atoms with Crippen LogP contribution in [0.5, 0.6) is 34.5 Å². The first-order chi connectivity index (χ1) is 67.5. The van der Waals surface area contributed by atoms with Crippen molar-refractivity contribution in [2.75, 3.05) is 187 Å². The van der Waals surface area contributed by atoms with Gasteiger partial charge in [-0.25, -0.2) is 38.9 Å². The number of piperidine rings is 1. The molecule has 1 atom stereocenters. The van der Waals surface area contributed by atoms with Crippen molar-refractivity contribution in [2.45, 2.75) is 62.4 Å². The van der Waals surface area contributed by atoms with E-state index in [9.17, 15) is 38.0 Å². The summed E-state index contributed by atoms with van der Waals surface area (Å²) in [6, 6.07) is 53.9. The van der Waals surface area contributed by atoms with Crippen LogP contribution in [0.4, 0.5) is 37.2 Å². The zero-order chi connectivity index (χ0) is 97.5. The molecule has 732 valence electrons. The third kappa shape index (κ3) is 23.5. The Bertz CT molecular complexity index is 7250. The maximum Gasteiger partial charge on any atom is 0.258 e. The number of methoxy groups -OCH3 is 6. The molecule has 33 nitrogen and oxygen atoms in total. The van der Waals surface area contributed by atoms with Gasteiger partial charge in [0.25, 0.3) is 27.8 Å². The number of hydrogen-bond acceptors (Lipinski definition) is 27. The van der Waals surface area contributed by atoms with E-state index in [4.69, 9.17) is 38.4 Å². The van der Waals surface area contributed by atoms with Crippen LogP contribution in [0.25, 0.3) is 84.5 Å². The molecule has 140 heavy (non-hydrogen) atoms. The van der Waals surface area contributed by atoms with E-state index in [-0.39, 0.29) is 44.8 Å². The number of hydrogen-bond donors (Lipinski definition) is 5. The number of piperazine rings is 2. The van der Waals surface area contributed by atoms with E-state index in [0.29, 0.717) is 125 Å². The zero-order valence-corrected chi connectivity index (χ0v) is 81.2. The third-order valence-electron chi connectivity index (χ3n) is 25.5. The number of rotatable bonds is 20. The lowest BCUT2D eigenvalue weighted by molar-refractivity contribution is -0.825. The quantitative estimate of drug-likeness (QED) is 0.0269. The topological polar surface area (TPSA) is 351 Å². The Morgan fingerprint density at radius 1 is 0.386 bits per heavy atom. The van der Waals surface area contributed by atoms with Gasteiger partial charge in [0, 0.05) is 197 Å². The molecular weight excluding hydrogens is 1810 g/mol. The number of likely N-dealkylation sites (tertiary alicyclic amines) is 1. The molecule has 0 bridgehead atoms. The van der Waals surface area contributed by atoms with Gasteiger partial charge in [0.05, 0.1) is 93.9 Å². The van der Waals surface area contributed by atoms with Gasteiger partial charge >= 0.3 is 0 Å². The Balaban J connectivity index is 0.000000132. The second-order valence-corrected chi connectivity index (χ2v) is 35.8. The fraction of sp³-hybridized carbons (Fsp3) is 0.327. The second-order valence-electron chi connectivity index (χ2n) is 34.9. The number of halogens is 2. The summed E-state index contributed by atoms with van der Waals surface area (Å²) in [5.41, 5.74) is 15.3. The number of nitrogens with two attached hydrogens (primary N) is 1. The van der Waals surface area contributed by atoms with Crippen molar-refractivity contribution in [3.63, 3.8) is 0 Å². The van der Waals surface area contributed by atoms with Crippen molar-refractivity contribution in [1.82, 2.24) is 72.7 Å². The smallest absolute Gasteiger partial charge is 0.258 e. The second kappa shape index (κ2) is 46.0. The van der Waals surface area contributed by atoms with E-state index in [2.05, 4.69) is 94.3 Å². The van der Waals surface area contributed by atoms with E-state index < -0.39 is 5.82 Å². The molecule has 0 spiro atoms. The minimum Gasteiger partial charge on any atom is -0.494 e. The van der Waals surface area contributed by atoms with Crippen LogP contribution < -0.4 is 97.2 Å². The molecule has 0 amide bonds. The van der Waals surface area contributed by atoms with Crippen molar-refractivity contribution in [2.24, 2.45) is 0 Å². The van der Waals surface area contributed by atoms with Crippen molar-refractivity contribution in [3.8, 4) is 90.8 Å². The summed E-state index contributed by atoms with van der Waals surface area (Å²) in [4.78, 5) is 101. The first kappa shape index (κ1) is 100. The number of thioether (sulfide) groups is 1. The molecule has 15 heterocycles. The number of fused-ring (bicyclic) bond motifs is 5. The number of ether oxygens (including phenoxy) is 6. The van der Waals surface area contributed by atoms with Gasteiger partial charge in [-0.1, -0.05) is 26.0 Å². The number of nitrogens with one attached hydrogen (secondary N) is 3. The highest BCUT2D eigenvalue weighted by molar-refractivity contribution is 7.98. The molecule has 0 radical (unpaired) electrons. The van der Waals surface area contributed by atoms with Crippen LogP contribution in [0, 0.1) is 11.6 Å². The molecule has 8 N–H and O–H groups in total. The van der Waals surface area contributed by atoms with Crippen molar-refractivity contribution in [1.29, 1.82) is 0 Å². The maximum absolute atomic E-state index is 14.1. The maximum atomic E-state index is 14.1. The molecular formula is C104H119F2N20O13S+. The number of pyridine rings is 5. The fourth-order valence-corrected chi connectivity index (χ4v) is 18.4. The molecule has 5 aliphatic rings. The first-order valence-electron chi connectivity index (χ1n) is 46.5. The molecule has 0 unspecified atom stereocenters. The van der Waals surface area contributed by atoms with Crippen molar-refractivity contribution in [3.05, 3.63) is 282 Å². The van der Waals surface area contributed by atoms with Crippen molar-refractivity contribution >= 4 is 68.4 Å². The Labute approximate surface area is 812 Å². The Hall–Kier alpha value is -14.2. The molecule has 0 saturated carbocycles. The SMILES string of the molecule is COc1ccc(-c2cc(=O)n3cc(C4CCN(C)CC4)ccc3n2)cc1OC.COc1ccc(-c2cc(=O)n3cc(N4CCCN(C)CC4)ccc3n2)cc1F.COc1ccc(-c2cc(=O)n3cc(N4CCNCC4)ccc3n2)cc1[NH2+]O.COc1ccc(-c2cc(=O)n3cc(N4CC[C@H](NC(C)C)C4)ccc3n2)cc1OC.CSc1ccc(-c2cc(=O)n3cc(N4CCNCC4)ccc3n2)cc1F.O. The Morgan fingerprint density at radius 3 is 1.15 bits per heavy atom. The number of anilines is 4. The van der Waals surface area contributed by atoms with Crippen LogP contribution in [0.15, 0.2) is 242 Å². The highest BCUT2D eigenvalue weighted by atomic mass is 32.2. The van der Waals surface area contributed by atoms with Gasteiger partial charge < -0.3 is 79.2 Å². The Kier molecular flexibility index (Phi) is 33.0. The van der Waals surface area contributed by atoms with E-state index >= 15 is 0 Å². The summed E-state index contributed by atoms with van der Waals surface area (Å²) < 4.78 is 67.5. The molecule has 5 saturated heterocycles. The first-order valence-corrected chi connectivity index (χ1v) is 47.7. The highest BCUT2D eigenvalue weighted by Gasteiger charge is 2.27. The zero-order valence-electron chi connectivity index (χ0n) is 80.4. The van der Waals surface area contributed by atoms with Crippen LogP contribution in [0.3, 0.4) is 0 Å². The van der Waals surface area contributed by atoms with Crippen LogP contribution in [-0.2, 0) is 0 Å². The van der Waals surface area contributed by atoms with Crippen LogP contribution in [0.2, 0.25) is 0 Å². The normalized spacial score (nSPS) is 15.3. The van der Waals surface area contributed by atoms with Crippen LogP contribution in [-0.4, -0.2) is 247 Å². The van der Waals surface area contributed by atoms with Crippen LogP contribution >= 0.6 is 11.8 Å². The molecule has 20 rings (SSSR count). The monoisotopic (exact) mass is 1930 g/mol. The summed E-state index contributed by atoms with van der Waals surface area (Å²) in [6.45, 7) is 19.8. The predicted molar refractivity (Wildman–Crippen MR) is 545 cm³/mol. The number of benzene rings is 5. The summed E-state index contributed by atoms with van der Waals surface area (Å²) in [5, 5.41) is 19.6.